The van der Waals surface area contributed by atoms with E-state index >= 15 is 0 Å². The van der Waals surface area contributed by atoms with Crippen LogP contribution < -0.4 is 4.72 Å². The molecule has 7 nitrogen and oxygen atoms in total. The van der Waals surface area contributed by atoms with Crippen LogP contribution in [0.1, 0.15) is 9.75 Å². The lowest BCUT2D eigenvalue weighted by Gasteiger charge is -2.02. The first-order valence-electron chi connectivity index (χ1n) is 5.45. The van der Waals surface area contributed by atoms with Crippen LogP contribution in [0.4, 0.5) is 0 Å². The molecule has 0 saturated carbocycles. The lowest BCUT2D eigenvalue weighted by molar-refractivity contribution is -0.131. The summed E-state index contributed by atoms with van der Waals surface area (Å²) in [7, 11) is -3.58. The minimum atomic E-state index is -3.58. The molecule has 0 aliphatic rings. The molecule has 9 heteroatoms. The number of rotatable bonds is 6. The van der Waals surface area contributed by atoms with Gasteiger partial charge in [-0.1, -0.05) is 0 Å². The van der Waals surface area contributed by atoms with Crippen molar-refractivity contribution in [2.75, 3.05) is 0 Å². The van der Waals surface area contributed by atoms with Crippen molar-refractivity contribution in [1.82, 2.24) is 14.9 Å². The van der Waals surface area contributed by atoms with Crippen LogP contribution in [0.25, 0.3) is 6.08 Å². The van der Waals surface area contributed by atoms with Gasteiger partial charge in [0.25, 0.3) is 0 Å². The highest BCUT2D eigenvalue weighted by molar-refractivity contribution is 7.89. The minimum Gasteiger partial charge on any atom is -0.478 e. The molecule has 0 atom stereocenters. The molecule has 106 valence electrons. The molecule has 2 aromatic heterocycles. The first-order chi connectivity index (χ1) is 9.47. The molecule has 2 heterocycles. The Hall–Kier alpha value is -1.97. The molecule has 0 spiro atoms. The highest BCUT2D eigenvalue weighted by atomic mass is 32.2. The average molecular weight is 313 g/mol. The Balaban J connectivity index is 2.00. The molecule has 0 fully saturated rings. The highest BCUT2D eigenvalue weighted by Gasteiger charge is 2.14. The molecule has 0 aromatic carbocycles. The second-order valence-electron chi connectivity index (χ2n) is 3.73. The first-order valence-corrected chi connectivity index (χ1v) is 7.75. The van der Waals surface area contributed by atoms with Crippen molar-refractivity contribution in [3.05, 3.63) is 40.4 Å². The quantitative estimate of drug-likeness (QED) is 0.690. The molecule has 0 aliphatic heterocycles. The number of thiophene rings is 1. The summed E-state index contributed by atoms with van der Waals surface area (Å²) in [5.41, 5.74) is 0. The number of nitrogens with zero attached hydrogens (tertiary/aromatic N) is 1. The molecule has 2 rings (SSSR count). The second-order valence-corrected chi connectivity index (χ2v) is 6.70. The summed E-state index contributed by atoms with van der Waals surface area (Å²) < 4.78 is 26.1. The van der Waals surface area contributed by atoms with Gasteiger partial charge in [0, 0.05) is 28.6 Å². The summed E-state index contributed by atoms with van der Waals surface area (Å²) in [4.78, 5) is 12.0. The van der Waals surface area contributed by atoms with Gasteiger partial charge in [-0.05, 0) is 18.2 Å². The summed E-state index contributed by atoms with van der Waals surface area (Å²) >= 11 is 1.31. The van der Waals surface area contributed by atoms with Crippen molar-refractivity contribution in [3.63, 3.8) is 0 Å². The third-order valence-electron chi connectivity index (χ3n) is 2.29. The number of aliphatic carboxylic acids is 1. The Labute approximate surface area is 119 Å². The van der Waals surface area contributed by atoms with Gasteiger partial charge in [-0.15, -0.1) is 11.3 Å². The zero-order valence-electron chi connectivity index (χ0n) is 10.1. The van der Waals surface area contributed by atoms with Crippen LogP contribution in [0.5, 0.6) is 0 Å². The van der Waals surface area contributed by atoms with Gasteiger partial charge in [0.15, 0.2) is 0 Å². The summed E-state index contributed by atoms with van der Waals surface area (Å²) in [5.74, 6) is -1.03. The second kappa shape index (κ2) is 5.99. The van der Waals surface area contributed by atoms with E-state index in [1.807, 2.05) is 0 Å². The predicted molar refractivity (Wildman–Crippen MR) is 73.6 cm³/mol. The Morgan fingerprint density at radius 2 is 2.30 bits per heavy atom. The van der Waals surface area contributed by atoms with E-state index in [2.05, 4.69) is 14.9 Å². The SMILES string of the molecule is O=C(O)C=Cc1ccc(CNS(=O)(=O)c2cn[nH]c2)s1. The molecule has 0 unspecified atom stereocenters. The van der Waals surface area contributed by atoms with E-state index in [9.17, 15) is 13.2 Å². The van der Waals surface area contributed by atoms with Crippen molar-refractivity contribution in [2.24, 2.45) is 0 Å². The van der Waals surface area contributed by atoms with E-state index in [0.29, 0.717) is 0 Å². The van der Waals surface area contributed by atoms with Gasteiger partial charge in [0.05, 0.1) is 6.20 Å². The lowest BCUT2D eigenvalue weighted by atomic mass is 10.4. The summed E-state index contributed by atoms with van der Waals surface area (Å²) in [5, 5.41) is 14.5. The van der Waals surface area contributed by atoms with Crippen molar-refractivity contribution >= 4 is 33.4 Å². The van der Waals surface area contributed by atoms with E-state index in [1.54, 1.807) is 12.1 Å². The molecule has 0 radical (unpaired) electrons. The largest absolute Gasteiger partial charge is 0.478 e. The Morgan fingerprint density at radius 1 is 1.50 bits per heavy atom. The number of nitrogens with one attached hydrogen (secondary N) is 2. The van der Waals surface area contributed by atoms with Crippen molar-refractivity contribution < 1.29 is 18.3 Å². The zero-order valence-corrected chi connectivity index (χ0v) is 11.7. The van der Waals surface area contributed by atoms with Gasteiger partial charge in [0.2, 0.25) is 10.0 Å². The molecular formula is C11H11N3O4S2. The molecular weight excluding hydrogens is 302 g/mol. The third kappa shape index (κ3) is 3.76. The number of aromatic amines is 1. The van der Waals surface area contributed by atoms with Crippen LogP contribution in [0.2, 0.25) is 0 Å². The maximum absolute atomic E-state index is 11.8. The number of sulfonamides is 1. The number of carbonyl (C=O) groups is 1. The van der Waals surface area contributed by atoms with E-state index < -0.39 is 16.0 Å². The number of H-pyrrole nitrogens is 1. The fourth-order valence-electron chi connectivity index (χ4n) is 1.37. The Bertz CT molecular complexity index is 717. The lowest BCUT2D eigenvalue weighted by Crippen LogP contribution is -2.22. The van der Waals surface area contributed by atoms with Crippen LogP contribution in [-0.4, -0.2) is 29.7 Å². The monoisotopic (exact) mass is 313 g/mol. The average Bonchev–Trinajstić information content (AvgIpc) is 3.06. The third-order valence-corrected chi connectivity index (χ3v) is 4.71. The standard InChI is InChI=1S/C11H11N3O4S2/c15-11(16)4-3-8-1-2-9(19-8)5-14-20(17,18)10-6-12-13-7-10/h1-4,6-7,14H,5H2,(H,12,13)(H,15,16). The van der Waals surface area contributed by atoms with E-state index in [0.717, 1.165) is 15.8 Å². The molecule has 0 aliphatic carbocycles. The number of hydrogen-bond donors (Lipinski definition) is 3. The number of carboxylic acid groups (broad SMARTS) is 1. The van der Waals surface area contributed by atoms with Crippen LogP contribution in [0.3, 0.4) is 0 Å². The van der Waals surface area contributed by atoms with Gasteiger partial charge < -0.3 is 5.11 Å². The fraction of sp³-hybridized carbons (Fsp3) is 0.0909. The summed E-state index contributed by atoms with van der Waals surface area (Å²) in [6.07, 6.45) is 5.00. The molecule has 0 saturated heterocycles. The zero-order chi connectivity index (χ0) is 14.6. The van der Waals surface area contributed by atoms with Gasteiger partial charge in [-0.3, -0.25) is 5.10 Å². The van der Waals surface area contributed by atoms with Crippen LogP contribution in [0, 0.1) is 0 Å². The van der Waals surface area contributed by atoms with Crippen molar-refractivity contribution in [2.45, 2.75) is 11.4 Å². The van der Waals surface area contributed by atoms with Crippen molar-refractivity contribution in [1.29, 1.82) is 0 Å². The van der Waals surface area contributed by atoms with E-state index in [4.69, 9.17) is 5.11 Å². The summed E-state index contributed by atoms with van der Waals surface area (Å²) in [6, 6.07) is 3.47. The van der Waals surface area contributed by atoms with Gasteiger partial charge >= 0.3 is 5.97 Å². The molecule has 2 aromatic rings. The fourth-order valence-corrected chi connectivity index (χ4v) is 3.23. The minimum absolute atomic E-state index is 0.0695. The van der Waals surface area contributed by atoms with E-state index in [1.165, 1.54) is 29.8 Å². The summed E-state index contributed by atoms with van der Waals surface area (Å²) in [6.45, 7) is 0.138. The van der Waals surface area contributed by atoms with Gasteiger partial charge in [-0.25, -0.2) is 17.9 Å². The van der Waals surface area contributed by atoms with Crippen LogP contribution >= 0.6 is 11.3 Å². The Kier molecular flexibility index (Phi) is 4.32. The predicted octanol–water partition coefficient (Wildman–Crippen LogP) is 1.05. The topological polar surface area (TPSA) is 112 Å². The first kappa shape index (κ1) is 14.4. The normalized spacial score (nSPS) is 12.0. The van der Waals surface area contributed by atoms with Crippen LogP contribution in [0.15, 0.2) is 35.5 Å². The van der Waals surface area contributed by atoms with Crippen molar-refractivity contribution in [3.8, 4) is 0 Å². The molecule has 3 N–H and O–H groups in total. The highest BCUT2D eigenvalue weighted by Crippen LogP contribution is 2.18. The smallest absolute Gasteiger partial charge is 0.328 e. The molecule has 20 heavy (non-hydrogen) atoms. The van der Waals surface area contributed by atoms with Crippen LogP contribution in [-0.2, 0) is 21.4 Å². The van der Waals surface area contributed by atoms with Gasteiger partial charge in [0.1, 0.15) is 4.90 Å². The van der Waals surface area contributed by atoms with E-state index in [-0.39, 0.29) is 11.4 Å². The maximum atomic E-state index is 11.8. The molecule has 0 amide bonds. The number of aromatic nitrogens is 2. The Morgan fingerprint density at radius 3 is 2.95 bits per heavy atom. The molecule has 0 bridgehead atoms. The number of hydrogen-bond acceptors (Lipinski definition) is 5. The van der Waals surface area contributed by atoms with Gasteiger partial charge in [-0.2, -0.15) is 5.10 Å². The maximum Gasteiger partial charge on any atom is 0.328 e. The number of carboxylic acids is 1.